The van der Waals surface area contributed by atoms with Crippen LogP contribution in [0, 0.1) is 0 Å². The number of hydrogen-bond acceptors (Lipinski definition) is 6. The van der Waals surface area contributed by atoms with E-state index in [1.807, 2.05) is 19.0 Å². The molecule has 1 saturated heterocycles. The number of rotatable bonds is 4. The molecule has 1 fully saturated rings. The van der Waals surface area contributed by atoms with Crippen molar-refractivity contribution in [2.75, 3.05) is 32.9 Å². The molecule has 20 heavy (non-hydrogen) atoms. The first-order valence-electron chi connectivity index (χ1n) is 6.36. The van der Waals surface area contributed by atoms with Crippen LogP contribution in [0.5, 0.6) is 0 Å². The van der Waals surface area contributed by atoms with E-state index in [1.54, 1.807) is 0 Å². The normalized spacial score (nSPS) is 24.4. The average Bonchev–Trinajstić information content (AvgIpc) is 2.70. The van der Waals surface area contributed by atoms with Crippen molar-refractivity contribution < 1.29 is 13.5 Å². The summed E-state index contributed by atoms with van der Waals surface area (Å²) in [5, 5.41) is 9.79. The van der Waals surface area contributed by atoms with Gasteiger partial charge in [-0.3, -0.25) is 4.98 Å². The average molecular weight is 300 g/mol. The Hall–Kier alpha value is -1.22. The van der Waals surface area contributed by atoms with E-state index in [0.29, 0.717) is 13.0 Å². The van der Waals surface area contributed by atoms with Crippen LogP contribution in [-0.2, 0) is 10.0 Å². The van der Waals surface area contributed by atoms with Crippen molar-refractivity contribution in [1.29, 1.82) is 0 Å². The molecule has 3 N–H and O–H groups in total. The maximum atomic E-state index is 12.7. The van der Waals surface area contributed by atoms with Crippen LogP contribution in [0.1, 0.15) is 6.42 Å². The van der Waals surface area contributed by atoms with Crippen molar-refractivity contribution in [2.24, 2.45) is 0 Å². The standard InChI is InChI=1S/C12H20N4O3S/c1-15(2)7-9-5-10(17)8-16(9)20(18,19)12-6-14-4-3-11(12)13/h3-4,6,9-10,17H,5,7-8H2,1-2H3,(H2,13,14). The third-order valence-corrected chi connectivity index (χ3v) is 5.28. The van der Waals surface area contributed by atoms with Crippen LogP contribution in [-0.4, -0.2) is 67.0 Å². The molecule has 0 bridgehead atoms. The molecule has 8 heteroatoms. The molecule has 2 heterocycles. The van der Waals surface area contributed by atoms with E-state index in [9.17, 15) is 13.5 Å². The Labute approximate surface area is 119 Å². The molecular formula is C12H20N4O3S. The van der Waals surface area contributed by atoms with E-state index in [0.717, 1.165) is 0 Å². The van der Waals surface area contributed by atoms with E-state index < -0.39 is 16.1 Å². The largest absolute Gasteiger partial charge is 0.398 e. The van der Waals surface area contributed by atoms with Crippen LogP contribution < -0.4 is 5.73 Å². The van der Waals surface area contributed by atoms with Gasteiger partial charge in [0.2, 0.25) is 10.0 Å². The Bertz CT molecular complexity index is 576. The molecule has 0 saturated carbocycles. The van der Waals surface area contributed by atoms with Gasteiger partial charge in [-0.15, -0.1) is 0 Å². The van der Waals surface area contributed by atoms with E-state index in [4.69, 9.17) is 5.73 Å². The Morgan fingerprint density at radius 3 is 2.85 bits per heavy atom. The van der Waals surface area contributed by atoms with Crippen LogP contribution in [0.2, 0.25) is 0 Å². The van der Waals surface area contributed by atoms with Crippen molar-refractivity contribution in [3.05, 3.63) is 18.5 Å². The zero-order valence-corrected chi connectivity index (χ0v) is 12.4. The smallest absolute Gasteiger partial charge is 0.247 e. The maximum absolute atomic E-state index is 12.7. The first-order valence-corrected chi connectivity index (χ1v) is 7.80. The SMILES string of the molecule is CN(C)CC1CC(O)CN1S(=O)(=O)c1cnccc1N. The first-order chi connectivity index (χ1) is 9.32. The van der Waals surface area contributed by atoms with Crippen LogP contribution in [0.3, 0.4) is 0 Å². The minimum Gasteiger partial charge on any atom is -0.398 e. The summed E-state index contributed by atoms with van der Waals surface area (Å²) in [6, 6.07) is 1.20. The van der Waals surface area contributed by atoms with Gasteiger partial charge in [-0.25, -0.2) is 8.42 Å². The molecule has 1 aromatic heterocycles. The summed E-state index contributed by atoms with van der Waals surface area (Å²) in [5.74, 6) is 0. The summed E-state index contributed by atoms with van der Waals surface area (Å²) in [5.41, 5.74) is 5.91. The molecule has 2 atom stereocenters. The minimum atomic E-state index is -3.74. The first kappa shape index (κ1) is 15.2. The highest BCUT2D eigenvalue weighted by molar-refractivity contribution is 7.89. The van der Waals surface area contributed by atoms with Gasteiger partial charge in [0, 0.05) is 31.5 Å². The number of aromatic nitrogens is 1. The van der Waals surface area contributed by atoms with Gasteiger partial charge in [0.05, 0.1) is 11.8 Å². The summed E-state index contributed by atoms with van der Waals surface area (Å²) in [6.07, 6.45) is 2.48. The molecular weight excluding hydrogens is 280 g/mol. The predicted octanol–water partition coefficient (Wildman–Crippen LogP) is -0.651. The Balaban J connectivity index is 2.35. The van der Waals surface area contributed by atoms with Gasteiger partial charge in [0.15, 0.2) is 0 Å². The minimum absolute atomic E-state index is 0.00199. The van der Waals surface area contributed by atoms with E-state index >= 15 is 0 Å². The number of anilines is 1. The quantitative estimate of drug-likeness (QED) is 0.766. The van der Waals surface area contributed by atoms with Crippen molar-refractivity contribution in [3.63, 3.8) is 0 Å². The highest BCUT2D eigenvalue weighted by atomic mass is 32.2. The van der Waals surface area contributed by atoms with Gasteiger partial charge >= 0.3 is 0 Å². The molecule has 112 valence electrons. The van der Waals surface area contributed by atoms with Crippen molar-refractivity contribution >= 4 is 15.7 Å². The van der Waals surface area contributed by atoms with E-state index in [2.05, 4.69) is 4.98 Å². The third-order valence-electron chi connectivity index (χ3n) is 3.32. The Kier molecular flexibility index (Phi) is 4.28. The number of nitrogens with two attached hydrogens (primary N) is 1. The van der Waals surface area contributed by atoms with Gasteiger partial charge in [-0.1, -0.05) is 0 Å². The van der Waals surface area contributed by atoms with E-state index in [-0.39, 0.29) is 23.2 Å². The number of aliphatic hydroxyl groups excluding tert-OH is 1. The molecule has 7 nitrogen and oxygen atoms in total. The topological polar surface area (TPSA) is 99.8 Å². The molecule has 0 aromatic carbocycles. The summed E-state index contributed by atoms with van der Waals surface area (Å²) >= 11 is 0. The Morgan fingerprint density at radius 1 is 1.55 bits per heavy atom. The fraction of sp³-hybridized carbons (Fsp3) is 0.583. The number of pyridine rings is 1. The number of hydrogen-bond donors (Lipinski definition) is 2. The zero-order chi connectivity index (χ0) is 14.9. The molecule has 1 aliphatic rings. The number of aliphatic hydroxyl groups is 1. The van der Waals surface area contributed by atoms with Crippen molar-refractivity contribution in [1.82, 2.24) is 14.2 Å². The second-order valence-electron chi connectivity index (χ2n) is 5.29. The monoisotopic (exact) mass is 300 g/mol. The molecule has 0 radical (unpaired) electrons. The van der Waals surface area contributed by atoms with Crippen LogP contribution in [0.15, 0.2) is 23.4 Å². The van der Waals surface area contributed by atoms with E-state index in [1.165, 1.54) is 22.8 Å². The van der Waals surface area contributed by atoms with Gasteiger partial charge in [-0.05, 0) is 26.6 Å². The van der Waals surface area contributed by atoms with Gasteiger partial charge in [-0.2, -0.15) is 4.31 Å². The van der Waals surface area contributed by atoms with Crippen molar-refractivity contribution in [3.8, 4) is 0 Å². The second kappa shape index (κ2) is 5.65. The lowest BCUT2D eigenvalue weighted by molar-refractivity contribution is 0.188. The number of sulfonamides is 1. The molecule has 1 aliphatic heterocycles. The number of nitrogen functional groups attached to an aromatic ring is 1. The van der Waals surface area contributed by atoms with Crippen molar-refractivity contribution in [2.45, 2.75) is 23.5 Å². The van der Waals surface area contributed by atoms with Gasteiger partial charge in [0.25, 0.3) is 0 Å². The summed E-state index contributed by atoms with van der Waals surface area (Å²) in [4.78, 5) is 5.73. The summed E-state index contributed by atoms with van der Waals surface area (Å²) in [6.45, 7) is 0.644. The molecule has 0 aliphatic carbocycles. The number of β-amino-alcohol motifs (C(OH)–C–C–N with tert-alkyl or cyclic N) is 1. The Morgan fingerprint density at radius 2 is 2.25 bits per heavy atom. The van der Waals surface area contributed by atoms with Gasteiger partial charge < -0.3 is 15.7 Å². The molecule has 0 amide bonds. The van der Waals surface area contributed by atoms with Gasteiger partial charge in [0.1, 0.15) is 4.90 Å². The molecule has 2 unspecified atom stereocenters. The second-order valence-corrected chi connectivity index (χ2v) is 7.15. The van der Waals surface area contributed by atoms with Crippen LogP contribution in [0.4, 0.5) is 5.69 Å². The predicted molar refractivity (Wildman–Crippen MR) is 75.5 cm³/mol. The molecule has 2 rings (SSSR count). The highest BCUT2D eigenvalue weighted by Gasteiger charge is 2.40. The molecule has 0 spiro atoms. The fourth-order valence-corrected chi connectivity index (χ4v) is 4.20. The lowest BCUT2D eigenvalue weighted by Gasteiger charge is -2.26. The summed E-state index contributed by atoms with van der Waals surface area (Å²) in [7, 11) is 0.0000472. The molecule has 1 aromatic rings. The van der Waals surface area contributed by atoms with Crippen LogP contribution in [0.25, 0.3) is 0 Å². The third kappa shape index (κ3) is 2.93. The lowest BCUT2D eigenvalue weighted by atomic mass is 10.2. The summed E-state index contributed by atoms with van der Waals surface area (Å²) < 4.78 is 26.7. The zero-order valence-electron chi connectivity index (χ0n) is 11.6. The lowest BCUT2D eigenvalue weighted by Crippen LogP contribution is -2.41. The number of nitrogens with zero attached hydrogens (tertiary/aromatic N) is 3. The fourth-order valence-electron chi connectivity index (χ4n) is 2.48. The maximum Gasteiger partial charge on any atom is 0.247 e. The number of likely N-dealkylation sites (N-methyl/N-ethyl adjacent to an activating group) is 1. The van der Waals surface area contributed by atoms with Crippen LogP contribution >= 0.6 is 0 Å². The highest BCUT2D eigenvalue weighted by Crippen LogP contribution is 2.28.